The van der Waals surface area contributed by atoms with Gasteiger partial charge in [0.2, 0.25) is 0 Å². The van der Waals surface area contributed by atoms with E-state index in [0.717, 1.165) is 0 Å². The van der Waals surface area contributed by atoms with E-state index in [1.54, 1.807) is 0 Å². The molecule has 0 fully saturated rings. The van der Waals surface area contributed by atoms with Crippen LogP contribution in [0.4, 0.5) is 0 Å². The third-order valence-corrected chi connectivity index (χ3v) is 4.32. The van der Waals surface area contributed by atoms with E-state index in [2.05, 4.69) is 32.9 Å². The van der Waals surface area contributed by atoms with Crippen molar-refractivity contribution < 1.29 is 0 Å². The Labute approximate surface area is 125 Å². The maximum atomic E-state index is 4.80. The molecule has 108 valence electrons. The van der Waals surface area contributed by atoms with Gasteiger partial charge in [0, 0.05) is 4.90 Å². The molecule has 0 radical (unpaired) electrons. The fraction of sp³-hybridized carbons (Fsp3) is 0.667. The van der Waals surface area contributed by atoms with Crippen molar-refractivity contribution in [3.8, 4) is 0 Å². The van der Waals surface area contributed by atoms with Crippen LogP contribution in [0.25, 0.3) is 0 Å². The fourth-order valence-electron chi connectivity index (χ4n) is 2.47. The third kappa shape index (κ3) is 5.60. The second kappa shape index (κ2) is 9.47. The lowest BCUT2D eigenvalue weighted by molar-refractivity contribution is 0.750. The van der Waals surface area contributed by atoms with Gasteiger partial charge in [0.15, 0.2) is 0 Å². The van der Waals surface area contributed by atoms with Crippen LogP contribution in [0.5, 0.6) is 0 Å². The van der Waals surface area contributed by atoms with Crippen LogP contribution in [-0.2, 0) is 19.3 Å². The predicted molar refractivity (Wildman–Crippen MR) is 89.5 cm³/mol. The topological polar surface area (TPSA) is 0 Å². The molecule has 1 rings (SSSR count). The zero-order valence-corrected chi connectivity index (χ0v) is 13.9. The first-order valence-electron chi connectivity index (χ1n) is 8.06. The van der Waals surface area contributed by atoms with Crippen LogP contribution in [0, 0.1) is 0 Å². The van der Waals surface area contributed by atoms with Crippen LogP contribution in [-0.4, -0.2) is 0 Å². The summed E-state index contributed by atoms with van der Waals surface area (Å²) in [6, 6.07) is 4.81. The van der Waals surface area contributed by atoms with E-state index in [4.69, 9.17) is 12.6 Å². The highest BCUT2D eigenvalue weighted by Crippen LogP contribution is 2.26. The molecule has 0 aromatic heterocycles. The number of hydrogen-bond donors (Lipinski definition) is 1. The molecule has 0 amide bonds. The van der Waals surface area contributed by atoms with Gasteiger partial charge in [-0.05, 0) is 55.2 Å². The zero-order valence-electron chi connectivity index (χ0n) is 13.0. The predicted octanol–water partition coefficient (Wildman–Crippen LogP) is 6.00. The van der Waals surface area contributed by atoms with Crippen molar-refractivity contribution in [2.45, 2.75) is 83.5 Å². The minimum Gasteiger partial charge on any atom is -0.143 e. The second-order valence-electron chi connectivity index (χ2n) is 5.57. The summed E-state index contributed by atoms with van der Waals surface area (Å²) in [4.78, 5) is 1.27. The summed E-state index contributed by atoms with van der Waals surface area (Å²) in [6.07, 6.45) is 11.2. The van der Waals surface area contributed by atoms with Gasteiger partial charge in [-0.15, -0.1) is 12.6 Å². The van der Waals surface area contributed by atoms with Gasteiger partial charge >= 0.3 is 0 Å². The lowest BCUT2D eigenvalue weighted by atomic mass is 9.96. The van der Waals surface area contributed by atoms with Crippen molar-refractivity contribution in [1.82, 2.24) is 0 Å². The molecule has 0 heterocycles. The summed E-state index contributed by atoms with van der Waals surface area (Å²) in [5, 5.41) is 0. The van der Waals surface area contributed by atoms with E-state index >= 15 is 0 Å². The van der Waals surface area contributed by atoms with Crippen molar-refractivity contribution in [2.75, 3.05) is 0 Å². The highest BCUT2D eigenvalue weighted by molar-refractivity contribution is 7.80. The Morgan fingerprint density at radius 1 is 0.737 bits per heavy atom. The molecule has 0 N–H and O–H groups in total. The molecule has 0 nitrogen and oxygen atoms in total. The van der Waals surface area contributed by atoms with Gasteiger partial charge in [-0.25, -0.2) is 0 Å². The Morgan fingerprint density at radius 3 is 1.58 bits per heavy atom. The van der Waals surface area contributed by atoms with Crippen molar-refractivity contribution in [2.24, 2.45) is 0 Å². The molecule has 0 saturated heterocycles. The Balaban J connectivity index is 2.92. The SMILES string of the molecule is CCCCc1cc(CCCC)c(S)c(CCCC)c1. The monoisotopic (exact) mass is 278 g/mol. The van der Waals surface area contributed by atoms with Crippen LogP contribution in [0.3, 0.4) is 0 Å². The summed E-state index contributed by atoms with van der Waals surface area (Å²) in [7, 11) is 0. The zero-order chi connectivity index (χ0) is 14.1. The van der Waals surface area contributed by atoms with Gasteiger partial charge in [-0.2, -0.15) is 0 Å². The molecule has 0 spiro atoms. The number of unbranched alkanes of at least 4 members (excludes halogenated alkanes) is 3. The molecule has 0 atom stereocenters. The normalized spacial score (nSPS) is 10.9. The third-order valence-electron chi connectivity index (χ3n) is 3.75. The Bertz CT molecular complexity index is 339. The van der Waals surface area contributed by atoms with E-state index in [-0.39, 0.29) is 0 Å². The fourth-order valence-corrected chi connectivity index (χ4v) is 2.83. The van der Waals surface area contributed by atoms with Gasteiger partial charge in [0.1, 0.15) is 0 Å². The lowest BCUT2D eigenvalue weighted by Crippen LogP contribution is -1.98. The number of rotatable bonds is 9. The first-order chi connectivity index (χ1) is 9.22. The van der Waals surface area contributed by atoms with E-state index in [0.29, 0.717) is 0 Å². The number of aryl methyl sites for hydroxylation is 3. The van der Waals surface area contributed by atoms with Gasteiger partial charge in [-0.1, -0.05) is 52.2 Å². The number of benzene rings is 1. The molecule has 0 aliphatic carbocycles. The van der Waals surface area contributed by atoms with E-state index in [9.17, 15) is 0 Å². The average Bonchev–Trinajstić information content (AvgIpc) is 2.43. The van der Waals surface area contributed by atoms with Crippen molar-refractivity contribution in [3.05, 3.63) is 28.8 Å². The number of thiol groups is 1. The minimum atomic E-state index is 1.19. The van der Waals surface area contributed by atoms with Gasteiger partial charge in [0.25, 0.3) is 0 Å². The molecule has 19 heavy (non-hydrogen) atoms. The van der Waals surface area contributed by atoms with E-state index in [1.807, 2.05) is 0 Å². The van der Waals surface area contributed by atoms with Crippen LogP contribution in [0.1, 0.15) is 76.0 Å². The molecule has 1 aromatic carbocycles. The second-order valence-corrected chi connectivity index (χ2v) is 6.02. The van der Waals surface area contributed by atoms with Crippen LogP contribution >= 0.6 is 12.6 Å². The molecule has 0 bridgehead atoms. The van der Waals surface area contributed by atoms with Crippen LogP contribution in [0.15, 0.2) is 17.0 Å². The average molecular weight is 279 g/mol. The molecular formula is C18H30S. The molecule has 0 unspecified atom stereocenters. The summed E-state index contributed by atoms with van der Waals surface area (Å²) in [5.41, 5.74) is 4.48. The lowest BCUT2D eigenvalue weighted by Gasteiger charge is -2.14. The largest absolute Gasteiger partial charge is 0.143 e. The Hall–Kier alpha value is -0.430. The molecule has 0 aliphatic heterocycles. The number of hydrogen-bond acceptors (Lipinski definition) is 1. The smallest absolute Gasteiger partial charge is 0.0104 e. The Morgan fingerprint density at radius 2 is 1.16 bits per heavy atom. The summed E-state index contributed by atoms with van der Waals surface area (Å²) >= 11 is 4.80. The van der Waals surface area contributed by atoms with Gasteiger partial charge in [-0.3, -0.25) is 0 Å². The maximum absolute atomic E-state index is 4.80. The molecule has 0 aliphatic rings. The van der Waals surface area contributed by atoms with Gasteiger partial charge < -0.3 is 0 Å². The first-order valence-corrected chi connectivity index (χ1v) is 8.51. The summed E-state index contributed by atoms with van der Waals surface area (Å²) in [5.74, 6) is 0. The summed E-state index contributed by atoms with van der Waals surface area (Å²) in [6.45, 7) is 6.79. The standard InChI is InChI=1S/C18H30S/c1-4-7-10-15-13-16(11-8-5-2)18(19)17(14-15)12-9-6-3/h13-14,19H,4-12H2,1-3H3. The maximum Gasteiger partial charge on any atom is 0.0104 e. The molecule has 0 saturated carbocycles. The van der Waals surface area contributed by atoms with Crippen molar-refractivity contribution >= 4 is 12.6 Å². The Kier molecular flexibility index (Phi) is 8.29. The summed E-state index contributed by atoms with van der Waals surface area (Å²) < 4.78 is 0. The van der Waals surface area contributed by atoms with Crippen LogP contribution < -0.4 is 0 Å². The highest BCUT2D eigenvalue weighted by atomic mass is 32.1. The van der Waals surface area contributed by atoms with Crippen molar-refractivity contribution in [1.29, 1.82) is 0 Å². The molecule has 1 aromatic rings. The minimum absolute atomic E-state index is 1.19. The molecule has 1 heteroatoms. The quantitative estimate of drug-likeness (QED) is 0.526. The molecular weight excluding hydrogens is 248 g/mol. The van der Waals surface area contributed by atoms with Crippen molar-refractivity contribution in [3.63, 3.8) is 0 Å². The van der Waals surface area contributed by atoms with E-state index in [1.165, 1.54) is 79.4 Å². The van der Waals surface area contributed by atoms with Gasteiger partial charge in [0.05, 0.1) is 0 Å². The van der Waals surface area contributed by atoms with Crippen LogP contribution in [0.2, 0.25) is 0 Å². The first kappa shape index (κ1) is 16.6. The van der Waals surface area contributed by atoms with E-state index < -0.39 is 0 Å². The highest BCUT2D eigenvalue weighted by Gasteiger charge is 2.08.